The highest BCUT2D eigenvalue weighted by Gasteiger charge is 2.37. The maximum Gasteiger partial charge on any atom is 0.417 e. The summed E-state index contributed by atoms with van der Waals surface area (Å²) in [4.78, 5) is 20.7. The predicted molar refractivity (Wildman–Crippen MR) is 171 cm³/mol. The van der Waals surface area contributed by atoms with Gasteiger partial charge in [0, 0.05) is 55.6 Å². The minimum Gasteiger partial charge on any atom is -0.355 e. The number of hydrogen-bond acceptors (Lipinski definition) is 1. The molecule has 1 amide bonds. The van der Waals surface area contributed by atoms with Crippen LogP contribution < -0.4 is 5.32 Å². The molecule has 0 aliphatic rings. The number of aromatic nitrogens is 2. The zero-order valence-electron chi connectivity index (χ0n) is 24.2. The minimum absolute atomic E-state index is 0.0824. The largest absolute Gasteiger partial charge is 0.417 e. The average molecular weight is 640 g/mol. The van der Waals surface area contributed by atoms with Crippen LogP contribution in [-0.2, 0) is 12.4 Å². The van der Waals surface area contributed by atoms with Crippen molar-refractivity contribution < 1.29 is 31.1 Å². The maximum atomic E-state index is 13.9. The van der Waals surface area contributed by atoms with E-state index in [1.54, 1.807) is 12.1 Å². The van der Waals surface area contributed by atoms with E-state index in [0.29, 0.717) is 35.0 Å². The number of nitrogens with one attached hydrogen (secondary N) is 3. The molecular formula is C37H23F6N3O. The first kappa shape index (κ1) is 29.9. The Kier molecular flexibility index (Phi) is 7.15. The Morgan fingerprint density at radius 3 is 1.81 bits per heavy atom. The third kappa shape index (κ3) is 5.74. The smallest absolute Gasteiger partial charge is 0.355 e. The summed E-state index contributed by atoms with van der Waals surface area (Å²) >= 11 is 0. The van der Waals surface area contributed by atoms with Gasteiger partial charge in [-0.25, -0.2) is 0 Å². The molecule has 4 nitrogen and oxygen atoms in total. The van der Waals surface area contributed by atoms with Gasteiger partial charge in [-0.15, -0.1) is 0 Å². The summed E-state index contributed by atoms with van der Waals surface area (Å²) in [5.41, 5.74) is 2.17. The number of hydrogen-bond donors (Lipinski definition) is 3. The van der Waals surface area contributed by atoms with Crippen molar-refractivity contribution in [3.8, 4) is 33.6 Å². The number of amides is 1. The van der Waals surface area contributed by atoms with Crippen LogP contribution in [0.3, 0.4) is 0 Å². The standard InChI is InChI=1S/C37H23F6N3O/c38-36(39,40)24-14-17-29(37(41,42)43)28(20-24)21-12-15-25(16-13-21)44-35(47)27-9-5-8-26(32-18-22-6-1-3-10-30(22)45-32)34(27)33-19-23-7-2-4-11-31(23)46-33/h1-20,45-46H,(H,44,47). The van der Waals surface area contributed by atoms with E-state index in [-0.39, 0.29) is 11.3 Å². The third-order valence-corrected chi connectivity index (χ3v) is 8.03. The van der Waals surface area contributed by atoms with Gasteiger partial charge in [0.15, 0.2) is 0 Å². The summed E-state index contributed by atoms with van der Waals surface area (Å²) < 4.78 is 81.2. The quantitative estimate of drug-likeness (QED) is 0.161. The minimum atomic E-state index is -4.87. The molecule has 2 aromatic heterocycles. The van der Waals surface area contributed by atoms with Gasteiger partial charge in [0.25, 0.3) is 5.91 Å². The molecule has 0 aliphatic carbocycles. The number of halogens is 6. The molecule has 10 heteroatoms. The fourth-order valence-electron chi connectivity index (χ4n) is 5.82. The highest BCUT2D eigenvalue weighted by atomic mass is 19.4. The first-order valence-electron chi connectivity index (χ1n) is 14.5. The number of carbonyl (C=O) groups is 1. The molecule has 0 unspecified atom stereocenters. The highest BCUT2D eigenvalue weighted by molar-refractivity contribution is 6.11. The van der Waals surface area contributed by atoms with Gasteiger partial charge >= 0.3 is 12.4 Å². The summed E-state index contributed by atoms with van der Waals surface area (Å²) in [6, 6.07) is 31.3. The summed E-state index contributed by atoms with van der Waals surface area (Å²) in [5, 5.41) is 4.74. The van der Waals surface area contributed by atoms with Crippen LogP contribution in [0.2, 0.25) is 0 Å². The van der Waals surface area contributed by atoms with Crippen molar-refractivity contribution in [3.63, 3.8) is 0 Å². The molecule has 2 heterocycles. The number of para-hydroxylation sites is 2. The summed E-state index contributed by atoms with van der Waals surface area (Å²) in [6.45, 7) is 0. The van der Waals surface area contributed by atoms with E-state index in [0.717, 1.165) is 33.1 Å². The first-order chi connectivity index (χ1) is 22.5. The zero-order valence-corrected chi connectivity index (χ0v) is 24.2. The van der Waals surface area contributed by atoms with Crippen molar-refractivity contribution in [1.82, 2.24) is 9.97 Å². The van der Waals surface area contributed by atoms with Gasteiger partial charge in [-0.2, -0.15) is 26.3 Å². The van der Waals surface area contributed by atoms with Gasteiger partial charge in [-0.05, 0) is 71.8 Å². The van der Waals surface area contributed by atoms with Gasteiger partial charge in [0.05, 0.1) is 11.1 Å². The molecule has 3 N–H and O–H groups in total. The number of carbonyl (C=O) groups excluding carboxylic acids is 1. The van der Waals surface area contributed by atoms with E-state index in [1.807, 2.05) is 66.7 Å². The Morgan fingerprint density at radius 1 is 0.574 bits per heavy atom. The average Bonchev–Trinajstić information content (AvgIpc) is 3.68. The van der Waals surface area contributed by atoms with Crippen LogP contribution in [0, 0.1) is 0 Å². The molecule has 0 spiro atoms. The lowest BCUT2D eigenvalue weighted by molar-refractivity contribution is -0.141. The molecule has 7 rings (SSSR count). The maximum absolute atomic E-state index is 13.9. The van der Waals surface area contributed by atoms with Gasteiger partial charge in [0.2, 0.25) is 0 Å². The number of benzene rings is 5. The molecule has 0 bridgehead atoms. The highest BCUT2D eigenvalue weighted by Crippen LogP contribution is 2.41. The lowest BCUT2D eigenvalue weighted by Crippen LogP contribution is -2.14. The summed E-state index contributed by atoms with van der Waals surface area (Å²) in [5.74, 6) is -0.487. The van der Waals surface area contributed by atoms with Gasteiger partial charge in [-0.1, -0.05) is 60.7 Å². The summed E-state index contributed by atoms with van der Waals surface area (Å²) in [7, 11) is 0. The second-order valence-corrected chi connectivity index (χ2v) is 11.1. The van der Waals surface area contributed by atoms with Crippen molar-refractivity contribution in [2.45, 2.75) is 12.4 Å². The number of rotatable bonds is 5. The Bertz CT molecular complexity index is 2210. The number of aromatic amines is 2. The van der Waals surface area contributed by atoms with E-state index < -0.39 is 35.0 Å². The van der Waals surface area contributed by atoms with Crippen LogP contribution in [-0.4, -0.2) is 15.9 Å². The molecule has 0 fully saturated rings. The van der Waals surface area contributed by atoms with Gasteiger partial charge in [0.1, 0.15) is 0 Å². The Hall–Kier alpha value is -5.77. The van der Waals surface area contributed by atoms with Crippen LogP contribution >= 0.6 is 0 Å². The number of anilines is 1. The van der Waals surface area contributed by atoms with E-state index in [9.17, 15) is 31.1 Å². The lowest BCUT2D eigenvalue weighted by Gasteiger charge is -2.17. The molecule has 0 aliphatic heterocycles. The normalized spacial score (nSPS) is 12.1. The van der Waals surface area contributed by atoms with Crippen molar-refractivity contribution in [2.75, 3.05) is 5.32 Å². The van der Waals surface area contributed by atoms with Gasteiger partial charge in [-0.3, -0.25) is 4.79 Å². The van der Waals surface area contributed by atoms with Crippen molar-refractivity contribution in [3.05, 3.63) is 138 Å². The Morgan fingerprint density at radius 2 is 1.19 bits per heavy atom. The Labute approximate surface area is 263 Å². The molecule has 7 aromatic rings. The molecule has 0 saturated heterocycles. The fourth-order valence-corrected chi connectivity index (χ4v) is 5.82. The molecule has 47 heavy (non-hydrogen) atoms. The van der Waals surface area contributed by atoms with Crippen LogP contribution in [0.1, 0.15) is 21.5 Å². The first-order valence-corrected chi connectivity index (χ1v) is 14.5. The second-order valence-electron chi connectivity index (χ2n) is 11.1. The van der Waals surface area contributed by atoms with E-state index in [1.165, 1.54) is 24.3 Å². The lowest BCUT2D eigenvalue weighted by atomic mass is 9.95. The molecule has 0 radical (unpaired) electrons. The Balaban J connectivity index is 1.27. The number of alkyl halides is 6. The number of fused-ring (bicyclic) bond motifs is 2. The molecule has 0 saturated carbocycles. The fraction of sp³-hybridized carbons (Fsp3) is 0.0541. The molecule has 234 valence electrons. The number of H-pyrrole nitrogens is 2. The van der Waals surface area contributed by atoms with Crippen LogP contribution in [0.5, 0.6) is 0 Å². The van der Waals surface area contributed by atoms with Crippen molar-refractivity contribution in [1.29, 1.82) is 0 Å². The van der Waals surface area contributed by atoms with Crippen molar-refractivity contribution >= 4 is 33.4 Å². The van der Waals surface area contributed by atoms with Crippen LogP contribution in [0.15, 0.2) is 121 Å². The second kappa shape index (κ2) is 11.2. The van der Waals surface area contributed by atoms with Crippen molar-refractivity contribution in [2.24, 2.45) is 0 Å². The SMILES string of the molecule is O=C(Nc1ccc(-c2cc(C(F)(F)F)ccc2C(F)(F)F)cc1)c1cccc(-c2cc3ccccc3[nH]2)c1-c1cc2ccccc2[nH]1. The predicted octanol–water partition coefficient (Wildman–Crippen LogP) is 10.9. The van der Waals surface area contributed by atoms with E-state index in [2.05, 4.69) is 15.3 Å². The van der Waals surface area contributed by atoms with Gasteiger partial charge < -0.3 is 15.3 Å². The van der Waals surface area contributed by atoms with Crippen LogP contribution in [0.4, 0.5) is 32.0 Å². The monoisotopic (exact) mass is 639 g/mol. The zero-order chi connectivity index (χ0) is 32.9. The third-order valence-electron chi connectivity index (χ3n) is 8.03. The van der Waals surface area contributed by atoms with Crippen LogP contribution in [0.25, 0.3) is 55.4 Å². The van der Waals surface area contributed by atoms with E-state index in [4.69, 9.17) is 0 Å². The topological polar surface area (TPSA) is 60.7 Å². The summed E-state index contributed by atoms with van der Waals surface area (Å²) in [6.07, 6.45) is -9.70. The molecular weight excluding hydrogens is 616 g/mol. The molecule has 0 atom stereocenters. The molecule has 5 aromatic carbocycles. The van der Waals surface area contributed by atoms with E-state index >= 15 is 0 Å².